The van der Waals surface area contributed by atoms with E-state index < -0.39 is 0 Å². The molecule has 0 atom stereocenters. The number of halogens is 1. The predicted molar refractivity (Wildman–Crippen MR) is 85.4 cm³/mol. The zero-order chi connectivity index (χ0) is 14.1. The molecule has 2 aromatic heterocycles. The number of rotatable bonds is 3. The van der Waals surface area contributed by atoms with Gasteiger partial charge in [0.1, 0.15) is 10.6 Å². The van der Waals surface area contributed by atoms with Gasteiger partial charge in [0.05, 0.1) is 5.39 Å². The topological polar surface area (TPSA) is 55.0 Å². The Hall–Kier alpha value is -1.85. The van der Waals surface area contributed by atoms with Crippen LogP contribution in [0.25, 0.3) is 10.2 Å². The summed E-state index contributed by atoms with van der Waals surface area (Å²) >= 11 is 7.47. The molecule has 20 heavy (non-hydrogen) atoms. The highest BCUT2D eigenvalue weighted by molar-refractivity contribution is 7.16. The quantitative estimate of drug-likeness (QED) is 0.804. The van der Waals surface area contributed by atoms with Crippen molar-refractivity contribution in [2.75, 3.05) is 17.7 Å². The lowest BCUT2D eigenvalue weighted by Gasteiger charge is -2.19. The standard InChI is InChI=1S/C14H13ClN4S/c1-19(8-9-2-4-10(15)5-3-9)12-11-6-7-20-13(11)18-14(16)17-12/h2-7H,8H2,1H3,(H2,16,17,18). The molecule has 4 nitrogen and oxygen atoms in total. The first-order chi connectivity index (χ1) is 9.63. The van der Waals surface area contributed by atoms with Gasteiger partial charge in [-0.2, -0.15) is 4.98 Å². The van der Waals surface area contributed by atoms with Crippen molar-refractivity contribution in [1.82, 2.24) is 9.97 Å². The summed E-state index contributed by atoms with van der Waals surface area (Å²) < 4.78 is 0. The van der Waals surface area contributed by atoms with Crippen LogP contribution in [0.3, 0.4) is 0 Å². The number of nitrogens with two attached hydrogens (primary N) is 1. The van der Waals surface area contributed by atoms with Gasteiger partial charge in [0.15, 0.2) is 0 Å². The molecule has 2 heterocycles. The average Bonchev–Trinajstić information content (AvgIpc) is 2.88. The van der Waals surface area contributed by atoms with Crippen molar-refractivity contribution >= 4 is 44.9 Å². The van der Waals surface area contributed by atoms with Crippen molar-refractivity contribution in [2.24, 2.45) is 0 Å². The van der Waals surface area contributed by atoms with E-state index in [0.29, 0.717) is 5.95 Å². The highest BCUT2D eigenvalue weighted by Gasteiger charge is 2.11. The molecule has 0 aliphatic heterocycles. The van der Waals surface area contributed by atoms with Crippen LogP contribution in [0.15, 0.2) is 35.7 Å². The van der Waals surface area contributed by atoms with Gasteiger partial charge in [0.2, 0.25) is 5.95 Å². The number of fused-ring (bicyclic) bond motifs is 1. The Kier molecular flexibility index (Phi) is 3.46. The molecule has 0 radical (unpaired) electrons. The number of hydrogen-bond acceptors (Lipinski definition) is 5. The molecule has 0 aliphatic rings. The first-order valence-electron chi connectivity index (χ1n) is 6.10. The van der Waals surface area contributed by atoms with Crippen molar-refractivity contribution in [3.8, 4) is 0 Å². The van der Waals surface area contributed by atoms with E-state index in [1.54, 1.807) is 11.3 Å². The summed E-state index contributed by atoms with van der Waals surface area (Å²) in [5.74, 6) is 1.15. The molecule has 0 fully saturated rings. The third-order valence-electron chi connectivity index (χ3n) is 3.02. The maximum atomic E-state index is 5.90. The lowest BCUT2D eigenvalue weighted by Crippen LogP contribution is -2.18. The molecule has 0 unspecified atom stereocenters. The van der Waals surface area contributed by atoms with Crippen LogP contribution in [0.2, 0.25) is 5.02 Å². The summed E-state index contributed by atoms with van der Waals surface area (Å²) in [6, 6.07) is 9.81. The molecule has 3 rings (SSSR count). The van der Waals surface area contributed by atoms with Gasteiger partial charge in [-0.15, -0.1) is 11.3 Å². The number of benzene rings is 1. The van der Waals surface area contributed by atoms with E-state index in [0.717, 1.165) is 33.2 Å². The number of anilines is 2. The molecule has 0 spiro atoms. The molecule has 2 N–H and O–H groups in total. The molecule has 3 aromatic rings. The van der Waals surface area contributed by atoms with E-state index >= 15 is 0 Å². The largest absolute Gasteiger partial charge is 0.368 e. The summed E-state index contributed by atoms with van der Waals surface area (Å²) in [5, 5.41) is 3.77. The summed E-state index contributed by atoms with van der Waals surface area (Å²) in [7, 11) is 1.99. The molecular weight excluding hydrogens is 292 g/mol. The van der Waals surface area contributed by atoms with Crippen molar-refractivity contribution in [3.63, 3.8) is 0 Å². The van der Waals surface area contributed by atoms with Crippen molar-refractivity contribution in [3.05, 3.63) is 46.3 Å². The van der Waals surface area contributed by atoms with Crippen LogP contribution in [-0.2, 0) is 6.54 Å². The Bertz CT molecular complexity index is 739. The maximum absolute atomic E-state index is 5.90. The smallest absolute Gasteiger partial charge is 0.223 e. The minimum absolute atomic E-state index is 0.304. The van der Waals surface area contributed by atoms with E-state index in [-0.39, 0.29) is 0 Å². The first-order valence-corrected chi connectivity index (χ1v) is 7.35. The fourth-order valence-corrected chi connectivity index (χ4v) is 2.98. The fourth-order valence-electron chi connectivity index (χ4n) is 2.09. The molecular formula is C14H13ClN4S. The molecule has 0 saturated heterocycles. The number of aromatic nitrogens is 2. The molecule has 1 aromatic carbocycles. The van der Waals surface area contributed by atoms with Crippen molar-refractivity contribution < 1.29 is 0 Å². The zero-order valence-corrected chi connectivity index (χ0v) is 12.4. The first kappa shape index (κ1) is 13.1. The van der Waals surface area contributed by atoms with Crippen molar-refractivity contribution in [2.45, 2.75) is 6.54 Å². The van der Waals surface area contributed by atoms with Crippen LogP contribution in [0.4, 0.5) is 11.8 Å². The lowest BCUT2D eigenvalue weighted by molar-refractivity contribution is 0.903. The molecule has 6 heteroatoms. The second-order valence-corrected chi connectivity index (χ2v) is 5.86. The van der Waals surface area contributed by atoms with Gasteiger partial charge in [0.25, 0.3) is 0 Å². The van der Waals surface area contributed by atoms with Gasteiger partial charge in [-0.05, 0) is 29.1 Å². The van der Waals surface area contributed by atoms with E-state index in [1.807, 2.05) is 42.8 Å². The van der Waals surface area contributed by atoms with Crippen LogP contribution >= 0.6 is 22.9 Å². The SMILES string of the molecule is CN(Cc1ccc(Cl)cc1)c1nc(N)nc2sccc12. The number of hydrogen-bond donors (Lipinski definition) is 1. The van der Waals surface area contributed by atoms with Crippen LogP contribution in [0.5, 0.6) is 0 Å². The summed E-state index contributed by atoms with van der Waals surface area (Å²) in [5.41, 5.74) is 6.94. The van der Waals surface area contributed by atoms with Crippen molar-refractivity contribution in [1.29, 1.82) is 0 Å². The van der Waals surface area contributed by atoms with Gasteiger partial charge in [-0.1, -0.05) is 23.7 Å². The van der Waals surface area contributed by atoms with E-state index in [2.05, 4.69) is 14.9 Å². The van der Waals surface area contributed by atoms with Crippen LogP contribution in [-0.4, -0.2) is 17.0 Å². The number of nitrogens with zero attached hydrogens (tertiary/aromatic N) is 3. The maximum Gasteiger partial charge on any atom is 0.223 e. The molecule has 0 amide bonds. The molecule has 0 bridgehead atoms. The minimum Gasteiger partial charge on any atom is -0.368 e. The third-order valence-corrected chi connectivity index (χ3v) is 4.08. The average molecular weight is 305 g/mol. The second kappa shape index (κ2) is 5.26. The minimum atomic E-state index is 0.304. The Morgan fingerprint density at radius 3 is 2.70 bits per heavy atom. The highest BCUT2D eigenvalue weighted by atomic mass is 35.5. The summed E-state index contributed by atoms with van der Waals surface area (Å²) in [4.78, 5) is 11.6. The normalized spacial score (nSPS) is 10.9. The van der Waals surface area contributed by atoms with Gasteiger partial charge < -0.3 is 10.6 Å². The van der Waals surface area contributed by atoms with E-state index in [9.17, 15) is 0 Å². The highest BCUT2D eigenvalue weighted by Crippen LogP contribution is 2.28. The molecule has 0 aliphatic carbocycles. The summed E-state index contributed by atoms with van der Waals surface area (Å²) in [6.45, 7) is 0.735. The monoisotopic (exact) mass is 304 g/mol. The number of nitrogen functional groups attached to an aromatic ring is 1. The van der Waals surface area contributed by atoms with Gasteiger partial charge in [-0.25, -0.2) is 4.98 Å². The lowest BCUT2D eigenvalue weighted by atomic mass is 10.2. The van der Waals surface area contributed by atoms with Crippen LogP contribution < -0.4 is 10.6 Å². The zero-order valence-electron chi connectivity index (χ0n) is 10.9. The Morgan fingerprint density at radius 2 is 1.95 bits per heavy atom. The predicted octanol–water partition coefficient (Wildman–Crippen LogP) is 3.56. The van der Waals surface area contributed by atoms with Gasteiger partial charge in [-0.3, -0.25) is 0 Å². The Balaban J connectivity index is 1.93. The number of thiophene rings is 1. The van der Waals surface area contributed by atoms with E-state index in [1.165, 1.54) is 0 Å². The third kappa shape index (κ3) is 2.55. The van der Waals surface area contributed by atoms with Crippen LogP contribution in [0, 0.1) is 0 Å². The van der Waals surface area contributed by atoms with E-state index in [4.69, 9.17) is 17.3 Å². The molecule has 0 saturated carbocycles. The molecule has 102 valence electrons. The van der Waals surface area contributed by atoms with Gasteiger partial charge >= 0.3 is 0 Å². The fraction of sp³-hybridized carbons (Fsp3) is 0.143. The second-order valence-electron chi connectivity index (χ2n) is 4.53. The van der Waals surface area contributed by atoms with Crippen LogP contribution in [0.1, 0.15) is 5.56 Å². The Labute approximate surface area is 125 Å². The summed E-state index contributed by atoms with van der Waals surface area (Å²) in [6.07, 6.45) is 0. The Morgan fingerprint density at radius 1 is 1.20 bits per heavy atom. The van der Waals surface area contributed by atoms with Gasteiger partial charge in [0, 0.05) is 18.6 Å².